The molecule has 15 heavy (non-hydrogen) atoms. The summed E-state index contributed by atoms with van der Waals surface area (Å²) in [6.45, 7) is 12.7. The van der Waals surface area contributed by atoms with E-state index >= 15 is 0 Å². The zero-order valence-corrected chi connectivity index (χ0v) is 10.7. The van der Waals surface area contributed by atoms with E-state index in [1.807, 2.05) is 0 Å². The van der Waals surface area contributed by atoms with E-state index in [2.05, 4.69) is 34.3 Å². The lowest BCUT2D eigenvalue weighted by molar-refractivity contribution is -0.141. The molecule has 88 valence electrons. The molecule has 0 aliphatic rings. The van der Waals surface area contributed by atoms with Crippen LogP contribution in [0, 0.1) is 17.8 Å². The quantitative estimate of drug-likeness (QED) is 0.498. The van der Waals surface area contributed by atoms with Crippen molar-refractivity contribution in [1.82, 2.24) is 0 Å². The van der Waals surface area contributed by atoms with Gasteiger partial charge in [0.25, 0.3) is 0 Å². The Bertz CT molecular complexity index is 217. The minimum Gasteiger partial charge on any atom is -0.469 e. The van der Waals surface area contributed by atoms with E-state index in [-0.39, 0.29) is 11.9 Å². The summed E-state index contributed by atoms with van der Waals surface area (Å²) in [5.41, 5.74) is 1.16. The van der Waals surface area contributed by atoms with Crippen molar-refractivity contribution in [1.29, 1.82) is 0 Å². The highest BCUT2D eigenvalue weighted by molar-refractivity contribution is 5.69. The monoisotopic (exact) mass is 212 g/mol. The highest BCUT2D eigenvalue weighted by Gasteiger charge is 2.20. The summed E-state index contributed by atoms with van der Waals surface area (Å²) < 4.78 is 4.71. The zero-order chi connectivity index (χ0) is 12.0. The smallest absolute Gasteiger partial charge is 0.306 e. The average Bonchev–Trinajstić information content (AvgIpc) is 2.14. The Balaban J connectivity index is 4.43. The summed E-state index contributed by atoms with van der Waals surface area (Å²) in [5.74, 6) is 1.13. The van der Waals surface area contributed by atoms with E-state index in [4.69, 9.17) is 4.74 Å². The molecule has 2 heteroatoms. The van der Waals surface area contributed by atoms with Gasteiger partial charge in [-0.1, -0.05) is 39.8 Å². The first kappa shape index (κ1) is 14.2. The third-order valence-corrected chi connectivity index (χ3v) is 2.66. The summed E-state index contributed by atoms with van der Waals surface area (Å²) in [7, 11) is 1.44. The maximum Gasteiger partial charge on any atom is 0.306 e. The number of carbonyl (C=O) groups is 1. The van der Waals surface area contributed by atoms with Gasteiger partial charge in [0.2, 0.25) is 0 Å². The molecule has 0 aromatic rings. The number of carbonyl (C=O) groups excluding carboxylic acids is 1. The number of rotatable bonds is 6. The predicted molar refractivity (Wildman–Crippen MR) is 63.6 cm³/mol. The fourth-order valence-electron chi connectivity index (χ4n) is 1.69. The predicted octanol–water partition coefficient (Wildman–Crippen LogP) is 3.42. The molecule has 0 aromatic heterocycles. The summed E-state index contributed by atoms with van der Waals surface area (Å²) in [6, 6.07) is 0. The number of esters is 1. The molecule has 0 radical (unpaired) electrons. The lowest BCUT2D eigenvalue weighted by atomic mass is 9.83. The molecule has 0 aliphatic carbocycles. The van der Waals surface area contributed by atoms with Crippen molar-refractivity contribution in [2.24, 2.45) is 17.8 Å². The van der Waals surface area contributed by atoms with Crippen molar-refractivity contribution in [3.63, 3.8) is 0 Å². The maximum absolute atomic E-state index is 11.3. The van der Waals surface area contributed by atoms with Gasteiger partial charge in [-0.2, -0.15) is 0 Å². The van der Waals surface area contributed by atoms with Crippen LogP contribution >= 0.6 is 0 Å². The Morgan fingerprint density at radius 1 is 1.27 bits per heavy atom. The SMILES string of the molecule is C=C(C(C)C)C(CC(=O)OC)CC(C)C. The lowest BCUT2D eigenvalue weighted by Gasteiger charge is -2.23. The molecule has 0 aromatic carbocycles. The van der Waals surface area contributed by atoms with Crippen molar-refractivity contribution in [2.75, 3.05) is 7.11 Å². The number of hydrogen-bond acceptors (Lipinski definition) is 2. The molecule has 0 saturated carbocycles. The summed E-state index contributed by atoms with van der Waals surface area (Å²) >= 11 is 0. The highest BCUT2D eigenvalue weighted by Crippen LogP contribution is 2.27. The van der Waals surface area contributed by atoms with Crippen LogP contribution in [-0.4, -0.2) is 13.1 Å². The molecule has 0 bridgehead atoms. The normalized spacial score (nSPS) is 13.0. The van der Waals surface area contributed by atoms with Crippen LogP contribution in [0.15, 0.2) is 12.2 Å². The molecule has 0 heterocycles. The maximum atomic E-state index is 11.3. The van der Waals surface area contributed by atoms with Crippen LogP contribution < -0.4 is 0 Å². The van der Waals surface area contributed by atoms with Crippen LogP contribution in [0.3, 0.4) is 0 Å². The van der Waals surface area contributed by atoms with Crippen molar-refractivity contribution in [3.8, 4) is 0 Å². The van der Waals surface area contributed by atoms with E-state index in [1.165, 1.54) is 7.11 Å². The van der Waals surface area contributed by atoms with Gasteiger partial charge < -0.3 is 4.74 Å². The van der Waals surface area contributed by atoms with Gasteiger partial charge in [-0.05, 0) is 24.2 Å². The number of methoxy groups -OCH3 is 1. The molecule has 0 spiro atoms. The Hall–Kier alpha value is -0.790. The second-order valence-corrected chi connectivity index (χ2v) is 4.84. The van der Waals surface area contributed by atoms with Gasteiger partial charge in [0.15, 0.2) is 0 Å². The molecule has 1 unspecified atom stereocenters. The lowest BCUT2D eigenvalue weighted by Crippen LogP contribution is -2.16. The molecule has 0 fully saturated rings. The Labute approximate surface area is 93.7 Å². The van der Waals surface area contributed by atoms with E-state index in [1.54, 1.807) is 0 Å². The largest absolute Gasteiger partial charge is 0.469 e. The van der Waals surface area contributed by atoms with Crippen LogP contribution in [0.25, 0.3) is 0 Å². The highest BCUT2D eigenvalue weighted by atomic mass is 16.5. The van der Waals surface area contributed by atoms with E-state index < -0.39 is 0 Å². The Kier molecular flexibility index (Phi) is 6.30. The molecular weight excluding hydrogens is 188 g/mol. The minimum absolute atomic E-state index is 0.137. The Morgan fingerprint density at radius 2 is 1.80 bits per heavy atom. The van der Waals surface area contributed by atoms with Crippen LogP contribution in [-0.2, 0) is 9.53 Å². The van der Waals surface area contributed by atoms with Crippen LogP contribution in [0.1, 0.15) is 40.5 Å². The van der Waals surface area contributed by atoms with Gasteiger partial charge in [-0.25, -0.2) is 0 Å². The first-order valence-electron chi connectivity index (χ1n) is 5.64. The zero-order valence-electron chi connectivity index (χ0n) is 10.7. The van der Waals surface area contributed by atoms with Crippen LogP contribution in [0.4, 0.5) is 0 Å². The molecule has 0 amide bonds. The van der Waals surface area contributed by atoms with Gasteiger partial charge in [-0.15, -0.1) is 0 Å². The van der Waals surface area contributed by atoms with Gasteiger partial charge in [0.1, 0.15) is 0 Å². The molecule has 0 N–H and O–H groups in total. The third kappa shape index (κ3) is 5.60. The second kappa shape index (κ2) is 6.65. The number of ether oxygens (including phenoxy) is 1. The van der Waals surface area contributed by atoms with Gasteiger partial charge in [0, 0.05) is 0 Å². The van der Waals surface area contributed by atoms with E-state index in [0.29, 0.717) is 18.3 Å². The summed E-state index contributed by atoms with van der Waals surface area (Å²) in [5, 5.41) is 0. The average molecular weight is 212 g/mol. The molecule has 1 atom stereocenters. The van der Waals surface area contributed by atoms with Crippen LogP contribution in [0.2, 0.25) is 0 Å². The van der Waals surface area contributed by atoms with Gasteiger partial charge >= 0.3 is 5.97 Å². The van der Waals surface area contributed by atoms with Crippen LogP contribution in [0.5, 0.6) is 0 Å². The topological polar surface area (TPSA) is 26.3 Å². The molecule has 0 aliphatic heterocycles. The summed E-state index contributed by atoms with van der Waals surface area (Å²) in [6.07, 6.45) is 1.47. The number of allylic oxidation sites excluding steroid dienone is 1. The molecule has 0 rings (SSSR count). The second-order valence-electron chi connectivity index (χ2n) is 4.84. The van der Waals surface area contributed by atoms with Crippen molar-refractivity contribution in [2.45, 2.75) is 40.5 Å². The fourth-order valence-corrected chi connectivity index (χ4v) is 1.69. The molecular formula is C13H24O2. The Morgan fingerprint density at radius 3 is 2.13 bits per heavy atom. The molecule has 0 saturated heterocycles. The van der Waals surface area contributed by atoms with Crippen molar-refractivity contribution in [3.05, 3.63) is 12.2 Å². The van der Waals surface area contributed by atoms with Gasteiger partial charge in [0.05, 0.1) is 13.5 Å². The first-order chi connectivity index (χ1) is 6.88. The van der Waals surface area contributed by atoms with E-state index in [0.717, 1.165) is 12.0 Å². The van der Waals surface area contributed by atoms with Crippen molar-refractivity contribution >= 4 is 5.97 Å². The van der Waals surface area contributed by atoms with E-state index in [9.17, 15) is 4.79 Å². The van der Waals surface area contributed by atoms with Crippen molar-refractivity contribution < 1.29 is 9.53 Å². The fraction of sp³-hybridized carbons (Fsp3) is 0.769. The molecule has 2 nitrogen and oxygen atoms in total. The number of hydrogen-bond donors (Lipinski definition) is 0. The third-order valence-electron chi connectivity index (χ3n) is 2.66. The minimum atomic E-state index is -0.137. The standard InChI is InChI=1S/C13H24O2/c1-9(2)7-12(8-13(14)15-6)11(5)10(3)4/h9-10,12H,5,7-8H2,1-4,6H3. The first-order valence-corrected chi connectivity index (χ1v) is 5.64. The van der Waals surface area contributed by atoms with Gasteiger partial charge in [-0.3, -0.25) is 4.79 Å². The summed E-state index contributed by atoms with van der Waals surface area (Å²) in [4.78, 5) is 11.3.